The predicted octanol–water partition coefficient (Wildman–Crippen LogP) is 3.45. The average molecular weight is 197 g/mol. The Morgan fingerprint density at radius 2 is 1.64 bits per heavy atom. The van der Waals surface area contributed by atoms with Crippen molar-refractivity contribution in [2.75, 3.05) is 6.54 Å². The zero-order valence-corrected chi connectivity index (χ0v) is 10.8. The van der Waals surface area contributed by atoms with Crippen molar-refractivity contribution in [3.8, 4) is 0 Å². The van der Waals surface area contributed by atoms with Crippen LogP contribution in [0.4, 0.5) is 0 Å². The van der Waals surface area contributed by atoms with Crippen LogP contribution < -0.4 is 5.32 Å². The van der Waals surface area contributed by atoms with Gasteiger partial charge in [-0.05, 0) is 36.1 Å². The van der Waals surface area contributed by atoms with Crippen LogP contribution in [0, 0.1) is 16.7 Å². The van der Waals surface area contributed by atoms with Gasteiger partial charge in [-0.3, -0.25) is 0 Å². The Morgan fingerprint density at radius 1 is 1.07 bits per heavy atom. The van der Waals surface area contributed by atoms with E-state index in [0.717, 1.165) is 12.0 Å². The number of hydrogen-bond donors (Lipinski definition) is 1. The molecule has 1 saturated heterocycles. The van der Waals surface area contributed by atoms with Crippen molar-refractivity contribution in [3.05, 3.63) is 0 Å². The second-order valence-corrected chi connectivity index (χ2v) is 7.17. The molecule has 0 spiro atoms. The third-order valence-corrected chi connectivity index (χ3v) is 3.31. The maximum absolute atomic E-state index is 3.67. The Hall–Kier alpha value is -0.0400. The van der Waals surface area contributed by atoms with Gasteiger partial charge in [-0.2, -0.15) is 0 Å². The van der Waals surface area contributed by atoms with E-state index in [9.17, 15) is 0 Å². The molecule has 2 atom stereocenters. The van der Waals surface area contributed by atoms with E-state index in [1.165, 1.54) is 19.4 Å². The van der Waals surface area contributed by atoms with Crippen LogP contribution in [0.5, 0.6) is 0 Å². The molecule has 1 nitrogen and oxygen atoms in total. The van der Waals surface area contributed by atoms with Crippen LogP contribution in [-0.2, 0) is 0 Å². The molecule has 0 aliphatic carbocycles. The van der Waals surface area contributed by atoms with E-state index < -0.39 is 0 Å². The molecule has 0 aromatic heterocycles. The Labute approximate surface area is 89.7 Å². The van der Waals surface area contributed by atoms with Crippen molar-refractivity contribution >= 4 is 0 Å². The lowest BCUT2D eigenvalue weighted by Gasteiger charge is -2.27. The highest BCUT2D eigenvalue weighted by Gasteiger charge is 2.33. The molecule has 2 unspecified atom stereocenters. The fourth-order valence-electron chi connectivity index (χ4n) is 2.37. The van der Waals surface area contributed by atoms with Crippen molar-refractivity contribution in [2.24, 2.45) is 16.7 Å². The monoisotopic (exact) mass is 197 g/mol. The second-order valence-electron chi connectivity index (χ2n) is 7.17. The molecule has 0 amide bonds. The van der Waals surface area contributed by atoms with Gasteiger partial charge in [-0.1, -0.05) is 41.5 Å². The number of rotatable bonds is 1. The minimum Gasteiger partial charge on any atom is -0.314 e. The molecule has 1 heterocycles. The SMILES string of the molecule is CC(C)(C)CC1CC(C(C)(C)C)CN1. The van der Waals surface area contributed by atoms with E-state index in [4.69, 9.17) is 0 Å². The highest BCUT2D eigenvalue weighted by molar-refractivity contribution is 4.89. The van der Waals surface area contributed by atoms with Crippen molar-refractivity contribution in [1.82, 2.24) is 5.32 Å². The summed E-state index contributed by atoms with van der Waals surface area (Å²) in [7, 11) is 0. The molecule has 0 saturated carbocycles. The lowest BCUT2D eigenvalue weighted by atomic mass is 9.78. The molecule has 1 fully saturated rings. The zero-order valence-electron chi connectivity index (χ0n) is 10.8. The fourth-order valence-corrected chi connectivity index (χ4v) is 2.37. The Kier molecular flexibility index (Phi) is 3.30. The Balaban J connectivity index is 2.42. The van der Waals surface area contributed by atoms with E-state index in [0.29, 0.717) is 10.8 Å². The minimum atomic E-state index is 0.463. The smallest absolute Gasteiger partial charge is 0.00754 e. The topological polar surface area (TPSA) is 12.0 Å². The molecular weight excluding hydrogens is 170 g/mol. The van der Waals surface area contributed by atoms with Gasteiger partial charge in [0.1, 0.15) is 0 Å². The van der Waals surface area contributed by atoms with Gasteiger partial charge in [-0.15, -0.1) is 0 Å². The first kappa shape index (κ1) is 12.0. The van der Waals surface area contributed by atoms with Gasteiger partial charge in [0.15, 0.2) is 0 Å². The molecule has 1 heteroatoms. The quantitative estimate of drug-likeness (QED) is 0.679. The van der Waals surface area contributed by atoms with Crippen molar-refractivity contribution in [2.45, 2.75) is 60.4 Å². The van der Waals surface area contributed by atoms with Gasteiger partial charge in [0.2, 0.25) is 0 Å². The van der Waals surface area contributed by atoms with E-state index in [1.54, 1.807) is 0 Å². The van der Waals surface area contributed by atoms with Crippen LogP contribution in [-0.4, -0.2) is 12.6 Å². The first-order chi connectivity index (χ1) is 6.18. The third-order valence-electron chi connectivity index (χ3n) is 3.31. The van der Waals surface area contributed by atoms with Gasteiger partial charge in [0.25, 0.3) is 0 Å². The summed E-state index contributed by atoms with van der Waals surface area (Å²) >= 11 is 0. The molecule has 0 bridgehead atoms. The normalized spacial score (nSPS) is 29.6. The van der Waals surface area contributed by atoms with Gasteiger partial charge < -0.3 is 5.32 Å². The number of nitrogens with one attached hydrogen (secondary N) is 1. The molecule has 0 radical (unpaired) electrons. The highest BCUT2D eigenvalue weighted by atomic mass is 15.0. The molecular formula is C13H27N. The van der Waals surface area contributed by atoms with Gasteiger partial charge in [0, 0.05) is 6.04 Å². The molecule has 1 rings (SSSR count). The third kappa shape index (κ3) is 3.61. The van der Waals surface area contributed by atoms with Crippen LogP contribution in [0.25, 0.3) is 0 Å². The molecule has 14 heavy (non-hydrogen) atoms. The van der Waals surface area contributed by atoms with Crippen LogP contribution in [0.3, 0.4) is 0 Å². The highest BCUT2D eigenvalue weighted by Crippen LogP contribution is 2.35. The van der Waals surface area contributed by atoms with Crippen molar-refractivity contribution in [3.63, 3.8) is 0 Å². The van der Waals surface area contributed by atoms with Crippen LogP contribution in [0.1, 0.15) is 54.4 Å². The van der Waals surface area contributed by atoms with E-state index in [1.807, 2.05) is 0 Å². The van der Waals surface area contributed by atoms with Gasteiger partial charge >= 0.3 is 0 Å². The molecule has 0 aromatic rings. The minimum absolute atomic E-state index is 0.463. The van der Waals surface area contributed by atoms with Crippen LogP contribution >= 0.6 is 0 Å². The number of hydrogen-bond acceptors (Lipinski definition) is 1. The van der Waals surface area contributed by atoms with Gasteiger partial charge in [-0.25, -0.2) is 0 Å². The summed E-state index contributed by atoms with van der Waals surface area (Å²) in [6.45, 7) is 15.3. The van der Waals surface area contributed by atoms with Crippen LogP contribution in [0.2, 0.25) is 0 Å². The second kappa shape index (κ2) is 3.84. The summed E-state index contributed by atoms with van der Waals surface area (Å²) in [6, 6.07) is 0.749. The first-order valence-electron chi connectivity index (χ1n) is 5.92. The maximum Gasteiger partial charge on any atom is 0.00754 e. The average Bonchev–Trinajstić information content (AvgIpc) is 2.29. The maximum atomic E-state index is 3.67. The molecule has 1 aliphatic rings. The predicted molar refractivity (Wildman–Crippen MR) is 63.4 cm³/mol. The standard InChI is InChI=1S/C13H27N/c1-12(2,3)8-11-7-10(9-14-11)13(4,5)6/h10-11,14H,7-9H2,1-6H3. The summed E-state index contributed by atoms with van der Waals surface area (Å²) in [5.74, 6) is 0.856. The fraction of sp³-hybridized carbons (Fsp3) is 1.00. The van der Waals surface area contributed by atoms with E-state index in [2.05, 4.69) is 46.9 Å². The van der Waals surface area contributed by atoms with Gasteiger partial charge in [0.05, 0.1) is 0 Å². The lowest BCUT2D eigenvalue weighted by molar-refractivity contribution is 0.248. The Morgan fingerprint density at radius 3 is 2.00 bits per heavy atom. The van der Waals surface area contributed by atoms with Crippen molar-refractivity contribution in [1.29, 1.82) is 0 Å². The first-order valence-corrected chi connectivity index (χ1v) is 5.92. The Bertz CT molecular complexity index is 182. The molecule has 0 aromatic carbocycles. The summed E-state index contributed by atoms with van der Waals surface area (Å²) in [5, 5.41) is 3.67. The van der Waals surface area contributed by atoms with Crippen LogP contribution in [0.15, 0.2) is 0 Å². The van der Waals surface area contributed by atoms with E-state index in [-0.39, 0.29) is 0 Å². The molecule has 1 aliphatic heterocycles. The summed E-state index contributed by atoms with van der Waals surface area (Å²) in [4.78, 5) is 0. The molecule has 1 N–H and O–H groups in total. The summed E-state index contributed by atoms with van der Waals surface area (Å²) in [6.07, 6.45) is 2.67. The van der Waals surface area contributed by atoms with E-state index >= 15 is 0 Å². The summed E-state index contributed by atoms with van der Waals surface area (Å²) < 4.78 is 0. The van der Waals surface area contributed by atoms with Crippen molar-refractivity contribution < 1.29 is 0 Å². The largest absolute Gasteiger partial charge is 0.314 e. The summed E-state index contributed by atoms with van der Waals surface area (Å²) in [5.41, 5.74) is 0.935. The molecule has 84 valence electrons. The lowest BCUT2D eigenvalue weighted by Crippen LogP contribution is -2.26. The zero-order chi connectivity index (χ0) is 11.0.